The van der Waals surface area contributed by atoms with Gasteiger partial charge in [0, 0.05) is 12.6 Å². The first kappa shape index (κ1) is 15.7. The predicted octanol–water partition coefficient (Wildman–Crippen LogP) is 3.56. The zero-order chi connectivity index (χ0) is 15.2. The van der Waals surface area contributed by atoms with Crippen LogP contribution in [0.3, 0.4) is 0 Å². The van der Waals surface area contributed by atoms with Crippen LogP contribution in [0, 0.1) is 11.6 Å². The van der Waals surface area contributed by atoms with Crippen molar-refractivity contribution in [3.63, 3.8) is 0 Å². The monoisotopic (exact) mass is 296 g/mol. The Morgan fingerprint density at radius 2 is 2.00 bits per heavy atom. The second-order valence-electron chi connectivity index (χ2n) is 5.45. The van der Waals surface area contributed by atoms with Crippen molar-refractivity contribution in [1.82, 2.24) is 4.90 Å². The van der Waals surface area contributed by atoms with Crippen LogP contribution >= 0.6 is 0 Å². The maximum atomic E-state index is 13.5. The number of hydrogen-bond donors (Lipinski definition) is 1. The van der Waals surface area contributed by atoms with E-state index in [1.165, 1.54) is 6.42 Å². The number of nitrogens with one attached hydrogen (secondary N) is 1. The summed E-state index contributed by atoms with van der Waals surface area (Å²) in [6, 6.07) is 3.47. The second-order valence-corrected chi connectivity index (χ2v) is 5.45. The highest BCUT2D eigenvalue weighted by molar-refractivity contribution is 5.81. The summed E-state index contributed by atoms with van der Waals surface area (Å²) in [5.74, 6) is -1.14. The standard InChI is InChI=1S/C16H22F2N2O/c1-2-20(13-6-4-3-5-7-13)16(21)11-19-15-10-12(17)8-9-14(15)18/h8-10,13,19H,2-7,11H2,1H3. The van der Waals surface area contributed by atoms with Crippen LogP contribution in [-0.2, 0) is 4.79 Å². The summed E-state index contributed by atoms with van der Waals surface area (Å²) in [4.78, 5) is 14.1. The number of halogens is 2. The Morgan fingerprint density at radius 3 is 2.67 bits per heavy atom. The molecule has 1 aromatic carbocycles. The molecular formula is C16H22F2N2O. The third-order valence-electron chi connectivity index (χ3n) is 4.03. The molecule has 0 aliphatic heterocycles. The van der Waals surface area contributed by atoms with Gasteiger partial charge in [-0.2, -0.15) is 0 Å². The summed E-state index contributed by atoms with van der Waals surface area (Å²) in [6.07, 6.45) is 5.61. The molecule has 0 radical (unpaired) electrons. The lowest BCUT2D eigenvalue weighted by atomic mass is 9.94. The van der Waals surface area contributed by atoms with E-state index in [0.29, 0.717) is 6.54 Å². The number of carbonyl (C=O) groups excluding carboxylic acids is 1. The van der Waals surface area contributed by atoms with Crippen LogP contribution in [-0.4, -0.2) is 29.9 Å². The van der Waals surface area contributed by atoms with Gasteiger partial charge in [0.25, 0.3) is 0 Å². The van der Waals surface area contributed by atoms with Crippen LogP contribution in [0.4, 0.5) is 14.5 Å². The number of benzene rings is 1. The van der Waals surface area contributed by atoms with E-state index in [0.717, 1.165) is 43.9 Å². The molecule has 1 amide bonds. The number of anilines is 1. The van der Waals surface area contributed by atoms with Gasteiger partial charge in [0.05, 0.1) is 12.2 Å². The van der Waals surface area contributed by atoms with Gasteiger partial charge in [0.1, 0.15) is 11.6 Å². The third kappa shape index (κ3) is 4.16. The number of hydrogen-bond acceptors (Lipinski definition) is 2. The Labute approximate surface area is 124 Å². The summed E-state index contributed by atoms with van der Waals surface area (Å²) in [5.41, 5.74) is 0.0306. The molecular weight excluding hydrogens is 274 g/mol. The molecule has 1 N–H and O–H groups in total. The molecule has 0 saturated heterocycles. The van der Waals surface area contributed by atoms with Crippen LogP contribution in [0.1, 0.15) is 39.0 Å². The molecule has 3 nitrogen and oxygen atoms in total. The van der Waals surface area contributed by atoms with Gasteiger partial charge in [-0.25, -0.2) is 8.78 Å². The van der Waals surface area contributed by atoms with E-state index >= 15 is 0 Å². The molecule has 1 aliphatic rings. The van der Waals surface area contributed by atoms with Crippen LogP contribution in [0.2, 0.25) is 0 Å². The van der Waals surface area contributed by atoms with E-state index in [1.54, 1.807) is 0 Å². The zero-order valence-electron chi connectivity index (χ0n) is 12.4. The van der Waals surface area contributed by atoms with Crippen LogP contribution < -0.4 is 5.32 Å². The van der Waals surface area contributed by atoms with Gasteiger partial charge in [-0.1, -0.05) is 19.3 Å². The predicted molar refractivity (Wildman–Crippen MR) is 79.1 cm³/mol. The highest BCUT2D eigenvalue weighted by Crippen LogP contribution is 2.23. The highest BCUT2D eigenvalue weighted by atomic mass is 19.1. The summed E-state index contributed by atoms with van der Waals surface area (Å²) >= 11 is 0. The van der Waals surface area contributed by atoms with Gasteiger partial charge in [-0.15, -0.1) is 0 Å². The molecule has 0 atom stereocenters. The number of nitrogens with zero attached hydrogens (tertiary/aromatic N) is 1. The maximum Gasteiger partial charge on any atom is 0.242 e. The van der Waals surface area contributed by atoms with Gasteiger partial charge in [0.2, 0.25) is 5.91 Å². The normalized spacial score (nSPS) is 15.8. The Balaban J connectivity index is 1.94. The maximum absolute atomic E-state index is 13.5. The summed E-state index contributed by atoms with van der Waals surface area (Å²) in [5, 5.41) is 2.70. The lowest BCUT2D eigenvalue weighted by molar-refractivity contribution is -0.132. The van der Waals surface area contributed by atoms with Crippen molar-refractivity contribution in [3.8, 4) is 0 Å². The molecule has 0 unspecified atom stereocenters. The molecule has 2 rings (SSSR count). The Hall–Kier alpha value is -1.65. The molecule has 5 heteroatoms. The van der Waals surface area contributed by atoms with Gasteiger partial charge in [0.15, 0.2) is 0 Å². The Kier molecular flexibility index (Phi) is 5.53. The second kappa shape index (κ2) is 7.38. The van der Waals surface area contributed by atoms with Crippen molar-refractivity contribution in [3.05, 3.63) is 29.8 Å². The van der Waals surface area contributed by atoms with Crippen molar-refractivity contribution >= 4 is 11.6 Å². The minimum Gasteiger partial charge on any atom is -0.374 e. The molecule has 0 aromatic heterocycles. The lowest BCUT2D eigenvalue weighted by Gasteiger charge is -2.33. The van der Waals surface area contributed by atoms with Crippen LogP contribution in [0.15, 0.2) is 18.2 Å². The van der Waals surface area contributed by atoms with E-state index in [-0.39, 0.29) is 24.2 Å². The third-order valence-corrected chi connectivity index (χ3v) is 4.03. The number of amides is 1. The largest absolute Gasteiger partial charge is 0.374 e. The average Bonchev–Trinajstić information content (AvgIpc) is 2.50. The van der Waals surface area contributed by atoms with Gasteiger partial charge in [-0.3, -0.25) is 4.79 Å². The van der Waals surface area contributed by atoms with Gasteiger partial charge < -0.3 is 10.2 Å². The summed E-state index contributed by atoms with van der Waals surface area (Å²) < 4.78 is 26.6. The topological polar surface area (TPSA) is 32.3 Å². The average molecular weight is 296 g/mol. The fraction of sp³-hybridized carbons (Fsp3) is 0.562. The summed E-state index contributed by atoms with van der Waals surface area (Å²) in [7, 11) is 0. The summed E-state index contributed by atoms with van der Waals surface area (Å²) in [6.45, 7) is 2.59. The van der Waals surface area contributed by atoms with E-state index < -0.39 is 11.6 Å². The molecule has 1 saturated carbocycles. The highest BCUT2D eigenvalue weighted by Gasteiger charge is 2.23. The molecule has 1 aromatic rings. The minimum absolute atomic E-state index is 0.00921. The van der Waals surface area contributed by atoms with Crippen molar-refractivity contribution < 1.29 is 13.6 Å². The minimum atomic E-state index is -0.551. The fourth-order valence-electron chi connectivity index (χ4n) is 2.94. The van der Waals surface area contributed by atoms with E-state index in [9.17, 15) is 13.6 Å². The lowest BCUT2D eigenvalue weighted by Crippen LogP contribution is -2.44. The molecule has 116 valence electrons. The molecule has 0 spiro atoms. The van der Waals surface area contributed by atoms with E-state index in [1.807, 2.05) is 11.8 Å². The molecule has 21 heavy (non-hydrogen) atoms. The first-order chi connectivity index (χ1) is 10.1. The fourth-order valence-corrected chi connectivity index (χ4v) is 2.94. The first-order valence-electron chi connectivity index (χ1n) is 7.60. The molecule has 1 aliphatic carbocycles. The van der Waals surface area contributed by atoms with Gasteiger partial charge in [-0.05, 0) is 38.0 Å². The molecule has 1 fully saturated rings. The SMILES string of the molecule is CCN(C(=O)CNc1cc(F)ccc1F)C1CCCCC1. The number of likely N-dealkylation sites (N-methyl/N-ethyl adjacent to an activating group) is 1. The Morgan fingerprint density at radius 1 is 1.29 bits per heavy atom. The van der Waals surface area contributed by atoms with E-state index in [4.69, 9.17) is 0 Å². The van der Waals surface area contributed by atoms with Crippen LogP contribution in [0.5, 0.6) is 0 Å². The van der Waals surface area contributed by atoms with Crippen molar-refractivity contribution in [2.24, 2.45) is 0 Å². The number of carbonyl (C=O) groups is 1. The van der Waals surface area contributed by atoms with Gasteiger partial charge >= 0.3 is 0 Å². The quantitative estimate of drug-likeness (QED) is 0.901. The zero-order valence-corrected chi connectivity index (χ0v) is 12.4. The van der Waals surface area contributed by atoms with Crippen molar-refractivity contribution in [1.29, 1.82) is 0 Å². The van der Waals surface area contributed by atoms with Crippen molar-refractivity contribution in [2.45, 2.75) is 45.1 Å². The number of rotatable bonds is 5. The van der Waals surface area contributed by atoms with Crippen LogP contribution in [0.25, 0.3) is 0 Å². The van der Waals surface area contributed by atoms with E-state index in [2.05, 4.69) is 5.32 Å². The van der Waals surface area contributed by atoms with Crippen molar-refractivity contribution in [2.75, 3.05) is 18.4 Å². The molecule has 0 heterocycles. The first-order valence-corrected chi connectivity index (χ1v) is 7.60. The smallest absolute Gasteiger partial charge is 0.242 e. The molecule has 0 bridgehead atoms. The Bertz CT molecular complexity index is 487.